The van der Waals surface area contributed by atoms with E-state index in [0.717, 1.165) is 0 Å². The number of halogens is 3. The lowest BCUT2D eigenvalue weighted by Gasteiger charge is -2.38. The van der Waals surface area contributed by atoms with Crippen LogP contribution in [0.4, 0.5) is 14.5 Å². The molecule has 0 saturated carbocycles. The van der Waals surface area contributed by atoms with Crippen molar-refractivity contribution in [1.82, 2.24) is 0 Å². The molecule has 1 saturated heterocycles. The molecule has 0 aliphatic carbocycles. The Labute approximate surface area is 151 Å². The largest absolute Gasteiger partial charge is 0.415 e. The molecule has 0 unspecified atom stereocenters. The van der Waals surface area contributed by atoms with Gasteiger partial charge >= 0.3 is 0 Å². The molecule has 1 fully saturated rings. The van der Waals surface area contributed by atoms with Crippen molar-refractivity contribution >= 4 is 35.8 Å². The van der Waals surface area contributed by atoms with Crippen LogP contribution in [0.2, 0.25) is 18.1 Å². The van der Waals surface area contributed by atoms with E-state index in [1.807, 2.05) is 0 Å². The van der Waals surface area contributed by atoms with E-state index in [0.29, 0.717) is 19.4 Å². The predicted octanol–water partition coefficient (Wildman–Crippen LogP) is 5.24. The van der Waals surface area contributed by atoms with Gasteiger partial charge in [0.05, 0.1) is 22.8 Å². The third-order valence-electron chi connectivity index (χ3n) is 5.04. The third-order valence-corrected chi connectivity index (χ3v) is 10.2. The van der Waals surface area contributed by atoms with E-state index in [4.69, 9.17) is 4.43 Å². The minimum Gasteiger partial charge on any atom is -0.415 e. The summed E-state index contributed by atoms with van der Waals surface area (Å²) in [4.78, 5) is 13.6. The zero-order valence-electron chi connectivity index (χ0n) is 14.8. The molecule has 1 aliphatic rings. The molecule has 1 aromatic carbocycles. The summed E-state index contributed by atoms with van der Waals surface area (Å²) in [5, 5.41) is 0.0510. The Morgan fingerprint density at radius 3 is 2.50 bits per heavy atom. The lowest BCUT2D eigenvalue weighted by atomic mass is 10.2. The molecule has 0 bridgehead atoms. The predicted molar refractivity (Wildman–Crippen MR) is 97.7 cm³/mol. The normalized spacial score (nSPS) is 19.2. The van der Waals surface area contributed by atoms with Crippen molar-refractivity contribution in [1.29, 1.82) is 0 Å². The van der Waals surface area contributed by atoms with Gasteiger partial charge < -0.3 is 9.33 Å². The smallest absolute Gasteiger partial charge is 0.227 e. The van der Waals surface area contributed by atoms with Crippen molar-refractivity contribution in [2.75, 3.05) is 11.5 Å². The van der Waals surface area contributed by atoms with Gasteiger partial charge in [-0.2, -0.15) is 0 Å². The fourth-order valence-corrected chi connectivity index (χ4v) is 3.80. The van der Waals surface area contributed by atoms with Crippen LogP contribution in [0.3, 0.4) is 0 Å². The average molecular weight is 420 g/mol. The number of nitrogens with zero attached hydrogens (tertiary/aromatic N) is 1. The van der Waals surface area contributed by atoms with Crippen LogP contribution in [0.15, 0.2) is 16.6 Å². The molecular formula is C17H24BrF2NO2Si. The maximum Gasteiger partial charge on any atom is 0.227 e. The van der Waals surface area contributed by atoms with Crippen molar-refractivity contribution in [3.05, 3.63) is 28.2 Å². The minimum absolute atomic E-state index is 0.0120. The van der Waals surface area contributed by atoms with Crippen LogP contribution in [-0.2, 0) is 9.22 Å². The molecule has 0 spiro atoms. The van der Waals surface area contributed by atoms with Crippen LogP contribution in [0, 0.1) is 11.6 Å². The molecule has 2 rings (SSSR count). The number of hydrogen-bond donors (Lipinski definition) is 0. The SMILES string of the molecule is CC(C)(C)[Si](C)(C)OC[C@@H]1CCC(=O)N1c1ccc(Br)c(F)c1F. The van der Waals surface area contributed by atoms with Crippen LogP contribution >= 0.6 is 15.9 Å². The first-order chi connectivity index (χ1) is 11.0. The molecule has 1 heterocycles. The lowest BCUT2D eigenvalue weighted by Crippen LogP contribution is -2.45. The Kier molecular flexibility index (Phi) is 5.57. The molecule has 24 heavy (non-hydrogen) atoms. The number of anilines is 1. The fourth-order valence-electron chi connectivity index (χ4n) is 2.45. The fraction of sp³-hybridized carbons (Fsp3) is 0.588. The summed E-state index contributed by atoms with van der Waals surface area (Å²) in [6, 6.07) is 2.59. The number of carbonyl (C=O) groups is 1. The van der Waals surface area contributed by atoms with Crippen molar-refractivity contribution in [3.8, 4) is 0 Å². The van der Waals surface area contributed by atoms with Crippen LogP contribution in [0.25, 0.3) is 0 Å². The highest BCUT2D eigenvalue weighted by Crippen LogP contribution is 2.38. The Hall–Kier alpha value is -0.793. The van der Waals surface area contributed by atoms with Crippen molar-refractivity contribution in [2.24, 2.45) is 0 Å². The van der Waals surface area contributed by atoms with E-state index in [-0.39, 0.29) is 27.1 Å². The molecular weight excluding hydrogens is 396 g/mol. The average Bonchev–Trinajstić information content (AvgIpc) is 2.83. The second-order valence-corrected chi connectivity index (χ2v) is 13.4. The second-order valence-electron chi connectivity index (χ2n) is 7.72. The van der Waals surface area contributed by atoms with E-state index in [1.165, 1.54) is 17.0 Å². The Morgan fingerprint density at radius 1 is 1.29 bits per heavy atom. The van der Waals surface area contributed by atoms with Crippen LogP contribution in [0.1, 0.15) is 33.6 Å². The molecule has 3 nitrogen and oxygen atoms in total. The zero-order chi connectivity index (χ0) is 18.3. The quantitative estimate of drug-likeness (QED) is 0.492. The highest BCUT2D eigenvalue weighted by Gasteiger charge is 2.40. The summed E-state index contributed by atoms with van der Waals surface area (Å²) in [7, 11) is -1.97. The van der Waals surface area contributed by atoms with Gasteiger partial charge in [-0.1, -0.05) is 20.8 Å². The van der Waals surface area contributed by atoms with E-state index >= 15 is 0 Å². The molecule has 0 radical (unpaired) electrons. The van der Waals surface area contributed by atoms with E-state index in [1.54, 1.807) is 0 Å². The van der Waals surface area contributed by atoms with Gasteiger partial charge in [-0.25, -0.2) is 8.78 Å². The van der Waals surface area contributed by atoms with Crippen LogP contribution < -0.4 is 4.90 Å². The molecule has 1 aliphatic heterocycles. The molecule has 1 amide bonds. The maximum absolute atomic E-state index is 14.3. The summed E-state index contributed by atoms with van der Waals surface area (Å²) in [5.74, 6) is -2.17. The van der Waals surface area contributed by atoms with Gasteiger partial charge in [-0.3, -0.25) is 4.79 Å². The summed E-state index contributed by atoms with van der Waals surface area (Å²) < 4.78 is 34.4. The number of benzene rings is 1. The van der Waals surface area contributed by atoms with Crippen molar-refractivity contribution in [2.45, 2.75) is 57.8 Å². The van der Waals surface area contributed by atoms with Gasteiger partial charge in [0.1, 0.15) is 0 Å². The van der Waals surface area contributed by atoms with E-state index in [2.05, 4.69) is 49.8 Å². The first-order valence-corrected chi connectivity index (χ1v) is 11.8. The maximum atomic E-state index is 14.3. The van der Waals surface area contributed by atoms with Crippen molar-refractivity contribution < 1.29 is 18.0 Å². The third kappa shape index (κ3) is 3.73. The topological polar surface area (TPSA) is 29.5 Å². The van der Waals surface area contributed by atoms with Crippen LogP contribution in [-0.4, -0.2) is 26.9 Å². The highest BCUT2D eigenvalue weighted by atomic mass is 79.9. The van der Waals surface area contributed by atoms with Gasteiger partial charge in [0.2, 0.25) is 5.91 Å². The Balaban J connectivity index is 2.23. The van der Waals surface area contributed by atoms with Crippen LogP contribution in [0.5, 0.6) is 0 Å². The first-order valence-electron chi connectivity index (χ1n) is 8.05. The summed E-state index contributed by atoms with van der Waals surface area (Å²) in [6.45, 7) is 11.0. The molecule has 134 valence electrons. The van der Waals surface area contributed by atoms with Gasteiger partial charge in [0.15, 0.2) is 20.0 Å². The summed E-state index contributed by atoms with van der Waals surface area (Å²) >= 11 is 2.96. The van der Waals surface area contributed by atoms with Gasteiger partial charge in [0, 0.05) is 6.42 Å². The second kappa shape index (κ2) is 6.84. The monoisotopic (exact) mass is 419 g/mol. The zero-order valence-corrected chi connectivity index (χ0v) is 17.3. The van der Waals surface area contributed by atoms with E-state index in [9.17, 15) is 13.6 Å². The lowest BCUT2D eigenvalue weighted by molar-refractivity contribution is -0.117. The Bertz CT molecular complexity index is 646. The molecule has 0 aromatic heterocycles. The number of rotatable bonds is 4. The summed E-state index contributed by atoms with van der Waals surface area (Å²) in [6.07, 6.45) is 0.910. The van der Waals surface area contributed by atoms with Gasteiger partial charge in [-0.05, 0) is 52.6 Å². The van der Waals surface area contributed by atoms with Gasteiger partial charge in [-0.15, -0.1) is 0 Å². The Morgan fingerprint density at radius 2 is 1.92 bits per heavy atom. The molecule has 7 heteroatoms. The van der Waals surface area contributed by atoms with Crippen molar-refractivity contribution in [3.63, 3.8) is 0 Å². The molecule has 1 atom stereocenters. The first kappa shape index (κ1) is 19.5. The van der Waals surface area contributed by atoms with E-state index < -0.39 is 20.0 Å². The molecule has 1 aromatic rings. The highest BCUT2D eigenvalue weighted by molar-refractivity contribution is 9.10. The standard InChI is InChI=1S/C17H24BrF2NO2Si/c1-17(2,3)24(4,5)23-10-11-6-9-14(22)21(11)13-8-7-12(18)15(19)16(13)20/h7-8,11H,6,9-10H2,1-5H3/t11-/m0/s1. The number of amides is 1. The number of hydrogen-bond acceptors (Lipinski definition) is 2. The minimum atomic E-state index is -1.97. The van der Waals surface area contributed by atoms with Gasteiger partial charge in [0.25, 0.3) is 0 Å². The number of carbonyl (C=O) groups excluding carboxylic acids is 1. The summed E-state index contributed by atoms with van der Waals surface area (Å²) in [5.41, 5.74) is -0.0120. The molecule has 0 N–H and O–H groups in total.